The number of aromatic nitrogens is 2. The van der Waals surface area contributed by atoms with Crippen LogP contribution in [0.3, 0.4) is 0 Å². The highest BCUT2D eigenvalue weighted by Gasteiger charge is 2.20. The summed E-state index contributed by atoms with van der Waals surface area (Å²) in [5.74, 6) is 1.56. The molecule has 2 N–H and O–H groups in total. The van der Waals surface area contributed by atoms with Crippen molar-refractivity contribution in [2.24, 2.45) is 10.9 Å². The maximum absolute atomic E-state index is 4.70. The van der Waals surface area contributed by atoms with Gasteiger partial charge in [-0.1, -0.05) is 6.92 Å². The summed E-state index contributed by atoms with van der Waals surface area (Å²) in [4.78, 5) is 17.2. The molecular weight excluding hydrogens is 376 g/mol. The molecule has 2 aromatic heterocycles. The van der Waals surface area contributed by atoms with E-state index in [1.54, 1.807) is 22.7 Å². The highest BCUT2D eigenvalue weighted by atomic mass is 32.1. The Morgan fingerprint density at radius 3 is 2.74 bits per heavy atom. The third kappa shape index (κ3) is 6.26. The van der Waals surface area contributed by atoms with E-state index in [-0.39, 0.29) is 0 Å². The van der Waals surface area contributed by atoms with Crippen LogP contribution in [0.5, 0.6) is 0 Å². The van der Waals surface area contributed by atoms with Gasteiger partial charge in [-0.25, -0.2) is 9.97 Å². The Kier molecular flexibility index (Phi) is 7.60. The number of thiazole rings is 2. The number of hydrogen-bond donors (Lipinski definition) is 2. The third-order valence-electron chi connectivity index (χ3n) is 4.85. The van der Waals surface area contributed by atoms with E-state index < -0.39 is 0 Å². The van der Waals surface area contributed by atoms with Crippen LogP contribution in [0.4, 0.5) is 0 Å². The zero-order valence-corrected chi connectivity index (χ0v) is 18.1. The Balaban J connectivity index is 1.35. The molecule has 1 saturated heterocycles. The first kappa shape index (κ1) is 20.2. The number of guanidine groups is 1. The fourth-order valence-corrected chi connectivity index (χ4v) is 4.73. The number of rotatable bonds is 7. The minimum atomic E-state index is 0.698. The molecule has 6 nitrogen and oxygen atoms in total. The molecule has 2 aromatic rings. The largest absolute Gasteiger partial charge is 0.356 e. The van der Waals surface area contributed by atoms with Crippen molar-refractivity contribution in [3.63, 3.8) is 0 Å². The smallest absolute Gasteiger partial charge is 0.191 e. The maximum atomic E-state index is 4.70. The van der Waals surface area contributed by atoms with Gasteiger partial charge in [-0.05, 0) is 45.2 Å². The molecule has 3 rings (SSSR count). The minimum absolute atomic E-state index is 0.698. The molecule has 1 fully saturated rings. The number of piperidine rings is 1. The monoisotopic (exact) mass is 406 g/mol. The number of nitrogens with one attached hydrogen (secondary N) is 2. The van der Waals surface area contributed by atoms with Gasteiger partial charge in [0, 0.05) is 36.6 Å². The first-order valence-electron chi connectivity index (χ1n) is 9.67. The zero-order valence-electron chi connectivity index (χ0n) is 16.5. The number of hydrogen-bond acceptors (Lipinski definition) is 6. The molecule has 3 heterocycles. The normalized spacial score (nSPS) is 16.6. The van der Waals surface area contributed by atoms with Crippen molar-refractivity contribution >= 4 is 28.6 Å². The number of likely N-dealkylation sites (tertiary alicyclic amines) is 1. The van der Waals surface area contributed by atoms with Gasteiger partial charge in [0.1, 0.15) is 5.01 Å². The fourth-order valence-electron chi connectivity index (χ4n) is 3.27. The Morgan fingerprint density at radius 1 is 1.30 bits per heavy atom. The first-order valence-corrected chi connectivity index (χ1v) is 11.4. The minimum Gasteiger partial charge on any atom is -0.356 e. The Labute approximate surface area is 170 Å². The van der Waals surface area contributed by atoms with E-state index in [4.69, 9.17) is 4.98 Å². The summed E-state index contributed by atoms with van der Waals surface area (Å²) in [5, 5.41) is 11.4. The van der Waals surface area contributed by atoms with E-state index in [1.165, 1.54) is 28.4 Å². The van der Waals surface area contributed by atoms with Gasteiger partial charge in [-0.15, -0.1) is 22.7 Å². The van der Waals surface area contributed by atoms with Crippen LogP contribution in [0.15, 0.2) is 16.6 Å². The van der Waals surface area contributed by atoms with Crippen molar-refractivity contribution in [3.05, 3.63) is 32.2 Å². The second-order valence-electron chi connectivity index (χ2n) is 6.98. The van der Waals surface area contributed by atoms with E-state index in [1.807, 2.05) is 13.2 Å². The topological polar surface area (TPSA) is 65.4 Å². The molecule has 0 radical (unpaired) electrons. The van der Waals surface area contributed by atoms with Crippen LogP contribution >= 0.6 is 22.7 Å². The van der Waals surface area contributed by atoms with Gasteiger partial charge in [0.05, 0.1) is 17.2 Å². The summed E-state index contributed by atoms with van der Waals surface area (Å²) in [7, 11) is 1.82. The predicted octanol–water partition coefficient (Wildman–Crippen LogP) is 3.05. The van der Waals surface area contributed by atoms with Gasteiger partial charge < -0.3 is 10.6 Å². The van der Waals surface area contributed by atoms with E-state index in [0.717, 1.165) is 50.1 Å². The Morgan fingerprint density at radius 2 is 2.11 bits per heavy atom. The van der Waals surface area contributed by atoms with E-state index in [0.29, 0.717) is 5.92 Å². The average Bonchev–Trinajstić information content (AvgIpc) is 3.31. The summed E-state index contributed by atoms with van der Waals surface area (Å²) in [6, 6.07) is 0. The lowest BCUT2D eigenvalue weighted by Gasteiger charge is -2.31. The number of nitrogens with zero attached hydrogens (tertiary/aromatic N) is 4. The van der Waals surface area contributed by atoms with E-state index in [9.17, 15) is 0 Å². The predicted molar refractivity (Wildman–Crippen MR) is 115 cm³/mol. The van der Waals surface area contributed by atoms with Crippen molar-refractivity contribution in [1.29, 1.82) is 0 Å². The highest BCUT2D eigenvalue weighted by molar-refractivity contribution is 7.11. The molecule has 0 aromatic carbocycles. The van der Waals surface area contributed by atoms with Crippen LogP contribution in [0.2, 0.25) is 0 Å². The van der Waals surface area contributed by atoms with Crippen LogP contribution in [-0.4, -0.2) is 47.5 Å². The van der Waals surface area contributed by atoms with Crippen molar-refractivity contribution in [2.45, 2.75) is 46.2 Å². The second kappa shape index (κ2) is 10.1. The molecule has 0 unspecified atom stereocenters. The van der Waals surface area contributed by atoms with Gasteiger partial charge >= 0.3 is 0 Å². The number of aliphatic imine (C=N–C) groups is 1. The standard InChI is InChI=1S/C19H30N6S2/c1-4-17-24-16(13-26-17)12-25-7-5-15(6-8-25)10-22-19(20-3)23-11-18-21-9-14(2)27-18/h9,13,15H,4-8,10-12H2,1-3H3,(H2,20,22,23). The summed E-state index contributed by atoms with van der Waals surface area (Å²) >= 11 is 3.51. The lowest BCUT2D eigenvalue weighted by molar-refractivity contribution is 0.176. The fraction of sp³-hybridized carbons (Fsp3) is 0.632. The molecule has 27 heavy (non-hydrogen) atoms. The first-order chi connectivity index (χ1) is 13.2. The molecule has 0 atom stereocenters. The lowest BCUT2D eigenvalue weighted by Crippen LogP contribution is -2.42. The molecule has 8 heteroatoms. The molecule has 0 spiro atoms. The van der Waals surface area contributed by atoms with Crippen molar-refractivity contribution in [1.82, 2.24) is 25.5 Å². The lowest BCUT2D eigenvalue weighted by atomic mass is 9.97. The molecule has 0 aliphatic carbocycles. The molecule has 148 valence electrons. The molecule has 0 bridgehead atoms. The molecule has 1 aliphatic rings. The van der Waals surface area contributed by atoms with E-state index in [2.05, 4.69) is 44.7 Å². The highest BCUT2D eigenvalue weighted by Crippen LogP contribution is 2.19. The van der Waals surface area contributed by atoms with Crippen molar-refractivity contribution in [3.8, 4) is 0 Å². The quantitative estimate of drug-likeness (QED) is 0.546. The SMILES string of the molecule is CCc1nc(CN2CCC(CNC(=NC)NCc3ncc(C)s3)CC2)cs1. The second-order valence-corrected chi connectivity index (χ2v) is 9.24. The van der Waals surface area contributed by atoms with Crippen LogP contribution < -0.4 is 10.6 Å². The average molecular weight is 407 g/mol. The maximum Gasteiger partial charge on any atom is 0.191 e. The van der Waals surface area contributed by atoms with Crippen molar-refractivity contribution in [2.75, 3.05) is 26.7 Å². The molecule has 0 saturated carbocycles. The van der Waals surface area contributed by atoms with Gasteiger partial charge in [0.25, 0.3) is 0 Å². The summed E-state index contributed by atoms with van der Waals surface area (Å²) < 4.78 is 0. The van der Waals surface area contributed by atoms with E-state index >= 15 is 0 Å². The summed E-state index contributed by atoms with van der Waals surface area (Å²) in [5.41, 5.74) is 1.23. The van der Waals surface area contributed by atoms with Gasteiger partial charge in [-0.2, -0.15) is 0 Å². The Bertz CT molecular complexity index is 730. The van der Waals surface area contributed by atoms with Gasteiger partial charge in [0.15, 0.2) is 5.96 Å². The summed E-state index contributed by atoms with van der Waals surface area (Å²) in [6.07, 6.45) is 5.40. The van der Waals surface area contributed by atoms with Crippen LogP contribution in [0, 0.1) is 12.8 Å². The zero-order chi connectivity index (χ0) is 19.1. The van der Waals surface area contributed by atoms with Crippen LogP contribution in [0.1, 0.15) is 40.4 Å². The van der Waals surface area contributed by atoms with Crippen molar-refractivity contribution < 1.29 is 0 Å². The van der Waals surface area contributed by atoms with Gasteiger partial charge in [0.2, 0.25) is 0 Å². The third-order valence-corrected chi connectivity index (χ3v) is 6.81. The van der Waals surface area contributed by atoms with Crippen LogP contribution in [0.25, 0.3) is 0 Å². The number of aryl methyl sites for hydroxylation is 2. The Hall–Kier alpha value is -1.51. The van der Waals surface area contributed by atoms with Gasteiger partial charge in [-0.3, -0.25) is 9.89 Å². The van der Waals surface area contributed by atoms with Crippen LogP contribution in [-0.2, 0) is 19.5 Å². The molecular formula is C19H30N6S2. The summed E-state index contributed by atoms with van der Waals surface area (Å²) in [6.45, 7) is 9.24. The molecule has 1 aliphatic heterocycles. The molecule has 0 amide bonds.